The molecule has 0 atom stereocenters. The van der Waals surface area contributed by atoms with Gasteiger partial charge in [0.25, 0.3) is 0 Å². The van der Waals surface area contributed by atoms with Gasteiger partial charge in [0.05, 0.1) is 13.1 Å². The maximum Gasteiger partial charge on any atom is 0.236 e. The summed E-state index contributed by atoms with van der Waals surface area (Å²) in [5.74, 6) is 0.282. The lowest BCUT2D eigenvalue weighted by Crippen LogP contribution is -2.37. The van der Waals surface area contributed by atoms with Gasteiger partial charge in [-0.05, 0) is 24.3 Å². The molecule has 5 heteroatoms. The first-order valence-electron chi connectivity index (χ1n) is 6.07. The standard InChI is InChI=1S/C14H19FN2O2/c1-3-8-16-11-14(18)17(2)9-10-19-13-6-4-12(15)5-7-13/h3-7,16H,1,8-11H2,2H3. The van der Waals surface area contributed by atoms with Crippen LogP contribution in [0.5, 0.6) is 5.75 Å². The maximum atomic E-state index is 12.7. The van der Waals surface area contributed by atoms with Crippen molar-refractivity contribution in [3.63, 3.8) is 0 Å². The second-order valence-electron chi connectivity index (χ2n) is 4.04. The molecule has 0 heterocycles. The van der Waals surface area contributed by atoms with Crippen molar-refractivity contribution in [1.82, 2.24) is 10.2 Å². The number of nitrogens with zero attached hydrogens (tertiary/aromatic N) is 1. The molecule has 1 amide bonds. The van der Waals surface area contributed by atoms with Gasteiger partial charge in [-0.3, -0.25) is 4.79 Å². The van der Waals surface area contributed by atoms with Crippen molar-refractivity contribution in [2.24, 2.45) is 0 Å². The van der Waals surface area contributed by atoms with E-state index in [1.165, 1.54) is 12.1 Å². The highest BCUT2D eigenvalue weighted by atomic mass is 19.1. The quantitative estimate of drug-likeness (QED) is 0.572. The molecule has 1 N–H and O–H groups in total. The van der Waals surface area contributed by atoms with E-state index in [4.69, 9.17) is 4.74 Å². The van der Waals surface area contributed by atoms with Gasteiger partial charge in [-0.2, -0.15) is 0 Å². The highest BCUT2D eigenvalue weighted by Gasteiger charge is 2.07. The Morgan fingerprint density at radius 2 is 2.16 bits per heavy atom. The average molecular weight is 266 g/mol. The van der Waals surface area contributed by atoms with Crippen molar-refractivity contribution in [2.45, 2.75) is 0 Å². The lowest BCUT2D eigenvalue weighted by Gasteiger charge is -2.17. The largest absolute Gasteiger partial charge is 0.492 e. The number of nitrogens with one attached hydrogen (secondary N) is 1. The molecule has 0 aromatic heterocycles. The molecule has 19 heavy (non-hydrogen) atoms. The molecule has 0 aliphatic carbocycles. The van der Waals surface area contributed by atoms with Crippen molar-refractivity contribution in [3.8, 4) is 5.75 Å². The van der Waals surface area contributed by atoms with Crippen molar-refractivity contribution < 1.29 is 13.9 Å². The fraction of sp³-hybridized carbons (Fsp3) is 0.357. The van der Waals surface area contributed by atoms with Crippen LogP contribution in [0, 0.1) is 5.82 Å². The zero-order chi connectivity index (χ0) is 14.1. The number of carbonyl (C=O) groups excluding carboxylic acids is 1. The number of carbonyl (C=O) groups is 1. The molecule has 0 unspecified atom stereocenters. The molecule has 0 aliphatic rings. The molecule has 1 rings (SSSR count). The van der Waals surface area contributed by atoms with E-state index < -0.39 is 0 Å². The minimum atomic E-state index is -0.298. The van der Waals surface area contributed by atoms with Crippen molar-refractivity contribution in [3.05, 3.63) is 42.7 Å². The Kier molecular flexibility index (Phi) is 6.60. The number of ether oxygens (including phenoxy) is 1. The van der Waals surface area contributed by atoms with Gasteiger partial charge in [0.15, 0.2) is 0 Å². The van der Waals surface area contributed by atoms with Crippen LogP contribution in [0.15, 0.2) is 36.9 Å². The first-order chi connectivity index (χ1) is 9.13. The summed E-state index contributed by atoms with van der Waals surface area (Å²) in [5, 5.41) is 2.94. The summed E-state index contributed by atoms with van der Waals surface area (Å²) in [6.45, 7) is 5.29. The Hall–Kier alpha value is -1.88. The summed E-state index contributed by atoms with van der Waals surface area (Å²) < 4.78 is 18.1. The van der Waals surface area contributed by atoms with Crippen LogP contribution in [0.4, 0.5) is 4.39 Å². The van der Waals surface area contributed by atoms with E-state index in [0.717, 1.165) is 0 Å². The number of hydrogen-bond acceptors (Lipinski definition) is 3. The van der Waals surface area contributed by atoms with Crippen LogP contribution in [0.25, 0.3) is 0 Å². The van der Waals surface area contributed by atoms with Gasteiger partial charge >= 0.3 is 0 Å². The van der Waals surface area contributed by atoms with Crippen molar-refractivity contribution in [1.29, 1.82) is 0 Å². The summed E-state index contributed by atoms with van der Waals surface area (Å²) >= 11 is 0. The van der Waals surface area contributed by atoms with Gasteiger partial charge in [0, 0.05) is 13.6 Å². The van der Waals surface area contributed by atoms with Crippen LogP contribution in [0.1, 0.15) is 0 Å². The number of amides is 1. The predicted octanol–water partition coefficient (Wildman–Crippen LogP) is 1.44. The summed E-state index contributed by atoms with van der Waals surface area (Å²) in [6, 6.07) is 5.79. The third kappa shape index (κ3) is 6.01. The minimum absolute atomic E-state index is 0.00967. The molecule has 0 saturated carbocycles. The highest BCUT2D eigenvalue weighted by molar-refractivity contribution is 5.77. The minimum Gasteiger partial charge on any atom is -0.492 e. The summed E-state index contributed by atoms with van der Waals surface area (Å²) in [4.78, 5) is 13.2. The van der Waals surface area contributed by atoms with Gasteiger partial charge in [0.2, 0.25) is 5.91 Å². The average Bonchev–Trinajstić information content (AvgIpc) is 2.41. The van der Waals surface area contributed by atoms with Crippen LogP contribution in [-0.2, 0) is 4.79 Å². The monoisotopic (exact) mass is 266 g/mol. The maximum absolute atomic E-state index is 12.7. The lowest BCUT2D eigenvalue weighted by atomic mass is 10.3. The molecule has 0 aliphatic heterocycles. The summed E-state index contributed by atoms with van der Waals surface area (Å²) in [7, 11) is 1.71. The smallest absolute Gasteiger partial charge is 0.236 e. The fourth-order valence-corrected chi connectivity index (χ4v) is 1.37. The number of benzene rings is 1. The molecule has 0 fully saturated rings. The molecule has 0 radical (unpaired) electrons. The molecule has 1 aromatic carbocycles. The van der Waals surface area contributed by atoms with Crippen LogP contribution < -0.4 is 10.1 Å². The Morgan fingerprint density at radius 3 is 2.79 bits per heavy atom. The van der Waals surface area contributed by atoms with E-state index in [1.807, 2.05) is 0 Å². The van der Waals surface area contributed by atoms with Gasteiger partial charge in [-0.15, -0.1) is 6.58 Å². The lowest BCUT2D eigenvalue weighted by molar-refractivity contribution is -0.129. The molecule has 104 valence electrons. The predicted molar refractivity (Wildman–Crippen MR) is 72.6 cm³/mol. The number of likely N-dealkylation sites (N-methyl/N-ethyl adjacent to an activating group) is 1. The molecular formula is C14H19FN2O2. The van der Waals surface area contributed by atoms with Gasteiger partial charge in [-0.1, -0.05) is 6.08 Å². The van der Waals surface area contributed by atoms with Crippen molar-refractivity contribution >= 4 is 5.91 Å². The Balaban J connectivity index is 2.22. The van der Waals surface area contributed by atoms with E-state index in [1.54, 1.807) is 30.2 Å². The molecule has 4 nitrogen and oxygen atoms in total. The third-order valence-corrected chi connectivity index (χ3v) is 2.50. The SMILES string of the molecule is C=CCNCC(=O)N(C)CCOc1ccc(F)cc1. The Bertz CT molecular complexity index is 406. The summed E-state index contributed by atoms with van der Waals surface area (Å²) in [6.07, 6.45) is 1.70. The third-order valence-electron chi connectivity index (χ3n) is 2.50. The topological polar surface area (TPSA) is 41.6 Å². The molecule has 0 bridgehead atoms. The number of hydrogen-bond donors (Lipinski definition) is 1. The number of halogens is 1. The van der Waals surface area contributed by atoms with E-state index in [0.29, 0.717) is 25.4 Å². The van der Waals surface area contributed by atoms with Crippen LogP contribution in [-0.4, -0.2) is 44.1 Å². The van der Waals surface area contributed by atoms with Gasteiger partial charge in [0.1, 0.15) is 18.2 Å². The highest BCUT2D eigenvalue weighted by Crippen LogP contribution is 2.10. The van der Waals surface area contributed by atoms with E-state index >= 15 is 0 Å². The van der Waals surface area contributed by atoms with Crippen LogP contribution in [0.2, 0.25) is 0 Å². The second-order valence-corrected chi connectivity index (χ2v) is 4.04. The first kappa shape index (κ1) is 15.2. The molecule has 0 spiro atoms. The van der Waals surface area contributed by atoms with E-state index in [2.05, 4.69) is 11.9 Å². The molecule has 0 saturated heterocycles. The van der Waals surface area contributed by atoms with Crippen LogP contribution >= 0.6 is 0 Å². The zero-order valence-corrected chi connectivity index (χ0v) is 11.1. The van der Waals surface area contributed by atoms with Crippen LogP contribution in [0.3, 0.4) is 0 Å². The molecular weight excluding hydrogens is 247 g/mol. The van der Waals surface area contributed by atoms with E-state index in [-0.39, 0.29) is 18.3 Å². The second kappa shape index (κ2) is 8.26. The Labute approximate surface area is 112 Å². The normalized spacial score (nSPS) is 10.0. The van der Waals surface area contributed by atoms with Gasteiger partial charge < -0.3 is 15.0 Å². The fourth-order valence-electron chi connectivity index (χ4n) is 1.37. The molecule has 1 aromatic rings. The Morgan fingerprint density at radius 1 is 1.47 bits per heavy atom. The first-order valence-corrected chi connectivity index (χ1v) is 6.07. The summed E-state index contributed by atoms with van der Waals surface area (Å²) in [5.41, 5.74) is 0. The van der Waals surface area contributed by atoms with Gasteiger partial charge in [-0.25, -0.2) is 4.39 Å². The van der Waals surface area contributed by atoms with Crippen molar-refractivity contribution in [2.75, 3.05) is 33.3 Å². The zero-order valence-electron chi connectivity index (χ0n) is 11.1. The number of rotatable bonds is 8. The van der Waals surface area contributed by atoms with E-state index in [9.17, 15) is 9.18 Å².